The lowest BCUT2D eigenvalue weighted by molar-refractivity contribution is -0.115. The molecule has 0 aromatic heterocycles. The molecule has 0 spiro atoms. The van der Waals surface area contributed by atoms with Crippen molar-refractivity contribution in [3.8, 4) is 11.5 Å². The van der Waals surface area contributed by atoms with Crippen LogP contribution in [-0.2, 0) is 11.4 Å². The predicted molar refractivity (Wildman–Crippen MR) is 151 cm³/mol. The van der Waals surface area contributed by atoms with Crippen LogP contribution in [0, 0.1) is 6.92 Å². The van der Waals surface area contributed by atoms with Gasteiger partial charge in [0.05, 0.1) is 17.2 Å². The SMILES string of the molecule is CCOc1cc(/C=C2/SC(=Nc3cccc(Cl)c3C)NC2=O)c(Br)cc1OCc1ccc(Br)cc1. The van der Waals surface area contributed by atoms with E-state index in [1.807, 2.05) is 68.4 Å². The first kappa shape index (κ1) is 25.8. The average molecular weight is 637 g/mol. The van der Waals surface area contributed by atoms with E-state index in [9.17, 15) is 4.79 Å². The van der Waals surface area contributed by atoms with Crippen molar-refractivity contribution >= 4 is 78.1 Å². The molecular weight excluding hydrogens is 616 g/mol. The first-order valence-corrected chi connectivity index (χ1v) is 13.5. The van der Waals surface area contributed by atoms with Crippen LogP contribution >= 0.6 is 55.2 Å². The number of amidine groups is 1. The molecule has 1 amide bonds. The zero-order chi connectivity index (χ0) is 24.9. The van der Waals surface area contributed by atoms with Crippen molar-refractivity contribution in [2.75, 3.05) is 6.61 Å². The molecule has 1 aliphatic rings. The average Bonchev–Trinajstić information content (AvgIpc) is 3.17. The highest BCUT2D eigenvalue weighted by atomic mass is 79.9. The van der Waals surface area contributed by atoms with Crippen LogP contribution in [-0.4, -0.2) is 17.7 Å². The number of hydrogen-bond acceptors (Lipinski definition) is 5. The molecule has 1 aliphatic heterocycles. The highest BCUT2D eigenvalue weighted by molar-refractivity contribution is 9.10. The first-order valence-electron chi connectivity index (χ1n) is 10.7. The second-order valence-corrected chi connectivity index (χ2v) is 10.7. The molecule has 0 unspecified atom stereocenters. The molecule has 0 bridgehead atoms. The molecule has 9 heteroatoms. The normalized spacial score (nSPS) is 15.5. The Morgan fingerprint density at radius 1 is 1.09 bits per heavy atom. The van der Waals surface area contributed by atoms with Crippen LogP contribution in [0.1, 0.15) is 23.6 Å². The first-order chi connectivity index (χ1) is 16.8. The summed E-state index contributed by atoms with van der Waals surface area (Å²) in [6, 6.07) is 17.2. The van der Waals surface area contributed by atoms with Gasteiger partial charge in [-0.1, -0.05) is 61.7 Å². The molecule has 0 atom stereocenters. The topological polar surface area (TPSA) is 59.9 Å². The van der Waals surface area contributed by atoms with E-state index in [0.29, 0.717) is 45.5 Å². The third-order valence-electron chi connectivity index (χ3n) is 5.07. The van der Waals surface area contributed by atoms with Crippen molar-refractivity contribution in [1.29, 1.82) is 0 Å². The van der Waals surface area contributed by atoms with Gasteiger partial charge in [-0.05, 0) is 84.8 Å². The molecule has 1 N–H and O–H groups in total. The number of ether oxygens (including phenoxy) is 2. The Kier molecular flexibility index (Phi) is 8.59. The van der Waals surface area contributed by atoms with Crippen molar-refractivity contribution < 1.29 is 14.3 Å². The Bertz CT molecular complexity index is 1330. The standard InChI is InChI=1S/C26H21Br2ClN2O3S/c1-3-33-22-11-17(19(28)13-23(22)34-14-16-7-9-18(27)10-8-16)12-24-25(32)31-26(35-24)30-21-6-4-5-20(29)15(21)2/h4-13H,3,14H2,1-2H3,(H,30,31,32)/b24-12+. The summed E-state index contributed by atoms with van der Waals surface area (Å²) in [7, 11) is 0. The molecule has 35 heavy (non-hydrogen) atoms. The van der Waals surface area contributed by atoms with Gasteiger partial charge in [0.2, 0.25) is 0 Å². The molecule has 180 valence electrons. The van der Waals surface area contributed by atoms with E-state index < -0.39 is 0 Å². The Morgan fingerprint density at radius 2 is 1.83 bits per heavy atom. The van der Waals surface area contributed by atoms with Crippen LogP contribution in [0.2, 0.25) is 5.02 Å². The summed E-state index contributed by atoms with van der Waals surface area (Å²) in [6.07, 6.45) is 1.80. The van der Waals surface area contributed by atoms with Crippen LogP contribution in [0.4, 0.5) is 5.69 Å². The lowest BCUT2D eigenvalue weighted by Crippen LogP contribution is -2.19. The van der Waals surface area contributed by atoms with Crippen molar-refractivity contribution in [2.45, 2.75) is 20.5 Å². The van der Waals surface area contributed by atoms with Crippen LogP contribution in [0.25, 0.3) is 6.08 Å². The number of rotatable bonds is 7. The zero-order valence-corrected chi connectivity index (χ0v) is 23.6. The van der Waals surface area contributed by atoms with Crippen molar-refractivity contribution in [3.05, 3.63) is 90.2 Å². The lowest BCUT2D eigenvalue weighted by Gasteiger charge is -2.14. The third-order valence-corrected chi connectivity index (χ3v) is 7.60. The molecule has 3 aromatic rings. The number of hydrogen-bond donors (Lipinski definition) is 1. The fourth-order valence-corrected chi connectivity index (χ4v) is 4.93. The number of nitrogens with one attached hydrogen (secondary N) is 1. The van der Waals surface area contributed by atoms with Gasteiger partial charge >= 0.3 is 0 Å². The Balaban J connectivity index is 1.57. The minimum Gasteiger partial charge on any atom is -0.490 e. The number of benzene rings is 3. The third kappa shape index (κ3) is 6.50. The van der Waals surface area contributed by atoms with E-state index in [4.69, 9.17) is 21.1 Å². The predicted octanol–water partition coefficient (Wildman–Crippen LogP) is 8.04. The minimum atomic E-state index is -0.214. The molecule has 5 nitrogen and oxygen atoms in total. The summed E-state index contributed by atoms with van der Waals surface area (Å²) >= 11 is 14.5. The van der Waals surface area contributed by atoms with Gasteiger partial charge in [-0.15, -0.1) is 0 Å². The number of thioether (sulfide) groups is 1. The van der Waals surface area contributed by atoms with E-state index in [2.05, 4.69) is 42.2 Å². The van der Waals surface area contributed by atoms with Crippen LogP contribution < -0.4 is 14.8 Å². The molecule has 1 fully saturated rings. The van der Waals surface area contributed by atoms with Gasteiger partial charge in [0.25, 0.3) is 5.91 Å². The van der Waals surface area contributed by atoms with Crippen LogP contribution in [0.5, 0.6) is 11.5 Å². The summed E-state index contributed by atoms with van der Waals surface area (Å²) in [5.41, 5.74) is 3.41. The fraction of sp³-hybridized carbons (Fsp3) is 0.154. The highest BCUT2D eigenvalue weighted by Gasteiger charge is 2.25. The van der Waals surface area contributed by atoms with Gasteiger partial charge in [-0.2, -0.15) is 0 Å². The molecule has 1 heterocycles. The molecule has 1 saturated heterocycles. The number of amides is 1. The summed E-state index contributed by atoms with van der Waals surface area (Å²) in [6.45, 7) is 4.70. The maximum Gasteiger partial charge on any atom is 0.264 e. The Labute approximate surface area is 230 Å². The van der Waals surface area contributed by atoms with E-state index in [-0.39, 0.29) is 5.91 Å². The summed E-state index contributed by atoms with van der Waals surface area (Å²) in [5, 5.41) is 3.95. The Hall–Kier alpha value is -2.26. The van der Waals surface area contributed by atoms with E-state index in [1.54, 1.807) is 6.08 Å². The zero-order valence-electron chi connectivity index (χ0n) is 18.9. The van der Waals surface area contributed by atoms with Gasteiger partial charge in [-0.25, -0.2) is 4.99 Å². The molecule has 3 aromatic carbocycles. The summed E-state index contributed by atoms with van der Waals surface area (Å²) in [5.74, 6) is 1.01. The van der Waals surface area contributed by atoms with Crippen LogP contribution in [0.15, 0.2) is 73.4 Å². The van der Waals surface area contributed by atoms with Gasteiger partial charge in [0, 0.05) is 14.0 Å². The number of carbonyl (C=O) groups excluding carboxylic acids is 1. The van der Waals surface area contributed by atoms with E-state index in [1.165, 1.54) is 11.8 Å². The molecule has 0 radical (unpaired) electrons. The Morgan fingerprint density at radius 3 is 2.57 bits per heavy atom. The second kappa shape index (κ2) is 11.6. The maximum absolute atomic E-state index is 12.6. The minimum absolute atomic E-state index is 0.214. The number of aliphatic imine (C=N–C) groups is 1. The lowest BCUT2D eigenvalue weighted by atomic mass is 10.1. The largest absolute Gasteiger partial charge is 0.490 e. The fourth-order valence-electron chi connectivity index (χ4n) is 3.23. The highest BCUT2D eigenvalue weighted by Crippen LogP contribution is 2.37. The van der Waals surface area contributed by atoms with Crippen molar-refractivity contribution in [2.24, 2.45) is 4.99 Å². The van der Waals surface area contributed by atoms with Crippen molar-refractivity contribution in [3.63, 3.8) is 0 Å². The molecule has 0 aliphatic carbocycles. The van der Waals surface area contributed by atoms with Gasteiger partial charge < -0.3 is 14.8 Å². The number of halogens is 3. The number of nitrogens with zero attached hydrogens (tertiary/aromatic N) is 1. The van der Waals surface area contributed by atoms with Crippen LogP contribution in [0.3, 0.4) is 0 Å². The van der Waals surface area contributed by atoms with E-state index in [0.717, 1.165) is 25.6 Å². The maximum atomic E-state index is 12.6. The summed E-state index contributed by atoms with van der Waals surface area (Å²) in [4.78, 5) is 17.7. The monoisotopic (exact) mass is 634 g/mol. The molecule has 4 rings (SSSR count). The van der Waals surface area contributed by atoms with E-state index >= 15 is 0 Å². The second-order valence-electron chi connectivity index (χ2n) is 7.53. The smallest absolute Gasteiger partial charge is 0.264 e. The quantitative estimate of drug-likeness (QED) is 0.267. The molecular formula is C26H21Br2ClN2O3S. The summed E-state index contributed by atoms with van der Waals surface area (Å²) < 4.78 is 13.7. The van der Waals surface area contributed by atoms with Gasteiger partial charge in [-0.3, -0.25) is 4.79 Å². The van der Waals surface area contributed by atoms with Gasteiger partial charge in [0.15, 0.2) is 16.7 Å². The van der Waals surface area contributed by atoms with Crippen molar-refractivity contribution in [1.82, 2.24) is 5.32 Å². The number of carbonyl (C=O) groups is 1. The molecule has 0 saturated carbocycles. The van der Waals surface area contributed by atoms with Gasteiger partial charge in [0.1, 0.15) is 6.61 Å².